The molecule has 3 heterocycles. The summed E-state index contributed by atoms with van der Waals surface area (Å²) in [4.78, 5) is 19.9. The largest absolute Gasteiger partial charge is 0.497 e. The number of aromatic nitrogens is 1. The van der Waals surface area contributed by atoms with Gasteiger partial charge in [0.05, 0.1) is 30.5 Å². The van der Waals surface area contributed by atoms with Crippen molar-refractivity contribution in [3.63, 3.8) is 0 Å². The molecule has 0 radical (unpaired) electrons. The minimum absolute atomic E-state index is 0.108. The van der Waals surface area contributed by atoms with Gasteiger partial charge in [0.15, 0.2) is 16.3 Å². The molecule has 0 fully saturated rings. The smallest absolute Gasteiger partial charge is 0.271 e. The van der Waals surface area contributed by atoms with Crippen molar-refractivity contribution < 1.29 is 18.9 Å². The molecule has 39 heavy (non-hydrogen) atoms. The average Bonchev–Trinajstić information content (AvgIpc) is 3.54. The fourth-order valence-corrected chi connectivity index (χ4v) is 6.97. The number of methoxy groups -OCH3 is 2. The fourth-order valence-electron chi connectivity index (χ4n) is 5.54. The van der Waals surface area contributed by atoms with Crippen molar-refractivity contribution in [3.05, 3.63) is 107 Å². The van der Waals surface area contributed by atoms with Crippen LogP contribution >= 0.6 is 27.3 Å². The lowest BCUT2D eigenvalue weighted by Gasteiger charge is -2.31. The molecule has 1 atom stereocenters. The molecule has 0 unspecified atom stereocenters. The van der Waals surface area contributed by atoms with E-state index in [4.69, 9.17) is 23.9 Å². The van der Waals surface area contributed by atoms with E-state index < -0.39 is 0 Å². The van der Waals surface area contributed by atoms with Crippen molar-refractivity contribution in [3.8, 4) is 23.0 Å². The topological polar surface area (TPSA) is 71.3 Å². The SMILES string of the molecule is COc1ccc(OC)c([C@@H]2C3=C(N=c4sc(=Cc5cc6c(cc5Br)OCO6)c(=O)n42)c2ccccc2CC3)c1. The molecule has 3 aliphatic rings. The standard InChI is InChI=1S/C30H23BrN2O5S/c1-35-18-8-10-23(36-2)21(13-18)28-20-9-7-16-5-3-4-6-19(16)27(20)32-30-33(28)29(34)26(39-30)12-17-11-24-25(14-22(17)31)38-15-37-24/h3-6,8,10-14,28H,7,9,15H2,1-2H3/t28-/m0/s1. The molecule has 2 aliphatic heterocycles. The first kappa shape index (κ1) is 24.2. The van der Waals surface area contributed by atoms with E-state index in [1.807, 2.05) is 42.5 Å². The highest BCUT2D eigenvalue weighted by atomic mass is 79.9. The maximum Gasteiger partial charge on any atom is 0.271 e. The van der Waals surface area contributed by atoms with E-state index in [1.165, 1.54) is 16.9 Å². The minimum Gasteiger partial charge on any atom is -0.497 e. The van der Waals surface area contributed by atoms with E-state index in [-0.39, 0.29) is 18.4 Å². The molecule has 0 amide bonds. The molecule has 0 spiro atoms. The number of hydrogen-bond donors (Lipinski definition) is 0. The number of rotatable bonds is 4. The molecule has 4 aromatic rings. The van der Waals surface area contributed by atoms with Crippen LogP contribution in [-0.4, -0.2) is 25.6 Å². The van der Waals surface area contributed by atoms with Crippen molar-refractivity contribution in [2.24, 2.45) is 4.99 Å². The van der Waals surface area contributed by atoms with Gasteiger partial charge in [-0.05, 0) is 65.9 Å². The Morgan fingerprint density at radius 1 is 1.05 bits per heavy atom. The lowest BCUT2D eigenvalue weighted by Crippen LogP contribution is -2.39. The van der Waals surface area contributed by atoms with Crippen LogP contribution in [0.1, 0.15) is 34.7 Å². The molecule has 7 rings (SSSR count). The Morgan fingerprint density at radius 3 is 2.69 bits per heavy atom. The number of benzene rings is 3. The maximum absolute atomic E-state index is 14.1. The van der Waals surface area contributed by atoms with E-state index in [2.05, 4.69) is 34.1 Å². The third-order valence-electron chi connectivity index (χ3n) is 7.38. The first-order valence-electron chi connectivity index (χ1n) is 12.5. The zero-order valence-electron chi connectivity index (χ0n) is 21.2. The van der Waals surface area contributed by atoms with Crippen LogP contribution in [0.4, 0.5) is 0 Å². The number of nitrogens with zero attached hydrogens (tertiary/aromatic N) is 2. The summed E-state index contributed by atoms with van der Waals surface area (Å²) < 4.78 is 25.6. The normalized spacial score (nSPS) is 17.3. The average molecular weight is 603 g/mol. The predicted octanol–water partition coefficient (Wildman–Crippen LogP) is 4.83. The lowest BCUT2D eigenvalue weighted by molar-refractivity contribution is 0.174. The number of halogens is 1. The first-order valence-corrected chi connectivity index (χ1v) is 14.1. The Hall–Kier alpha value is -3.82. The van der Waals surface area contributed by atoms with E-state index in [1.54, 1.807) is 18.8 Å². The summed E-state index contributed by atoms with van der Waals surface area (Å²) in [6, 6.07) is 17.5. The van der Waals surface area contributed by atoms with Gasteiger partial charge in [-0.15, -0.1) is 0 Å². The molecule has 1 aromatic heterocycles. The quantitative estimate of drug-likeness (QED) is 0.335. The highest BCUT2D eigenvalue weighted by molar-refractivity contribution is 9.10. The van der Waals surface area contributed by atoms with E-state index >= 15 is 0 Å². The van der Waals surface area contributed by atoms with Crippen LogP contribution < -0.4 is 33.8 Å². The zero-order valence-corrected chi connectivity index (χ0v) is 23.6. The van der Waals surface area contributed by atoms with Gasteiger partial charge < -0.3 is 18.9 Å². The van der Waals surface area contributed by atoms with Gasteiger partial charge in [-0.3, -0.25) is 9.36 Å². The number of thiazole rings is 1. The Morgan fingerprint density at radius 2 is 1.87 bits per heavy atom. The number of allylic oxidation sites excluding steroid dienone is 1. The Labute approximate surface area is 236 Å². The van der Waals surface area contributed by atoms with E-state index in [0.29, 0.717) is 32.3 Å². The van der Waals surface area contributed by atoms with Gasteiger partial charge in [0.1, 0.15) is 11.5 Å². The van der Waals surface area contributed by atoms with Gasteiger partial charge >= 0.3 is 0 Å². The molecule has 7 nitrogen and oxygen atoms in total. The van der Waals surface area contributed by atoms with Gasteiger partial charge in [-0.2, -0.15) is 0 Å². The van der Waals surface area contributed by atoms with Crippen LogP contribution in [0.25, 0.3) is 11.8 Å². The molecule has 0 saturated carbocycles. The van der Waals surface area contributed by atoms with Crippen LogP contribution in [0.5, 0.6) is 23.0 Å². The number of ether oxygens (including phenoxy) is 4. The van der Waals surface area contributed by atoms with Crippen molar-refractivity contribution >= 4 is 39.0 Å². The molecule has 0 saturated heterocycles. The number of hydrogen-bond acceptors (Lipinski definition) is 7. The van der Waals surface area contributed by atoms with Crippen LogP contribution in [-0.2, 0) is 6.42 Å². The molecular weight excluding hydrogens is 580 g/mol. The fraction of sp³-hybridized carbons (Fsp3) is 0.200. The summed E-state index contributed by atoms with van der Waals surface area (Å²) in [7, 11) is 3.29. The number of fused-ring (bicyclic) bond motifs is 4. The first-order chi connectivity index (χ1) is 19.1. The minimum atomic E-state index is -0.378. The Kier molecular flexibility index (Phi) is 5.86. The zero-order chi connectivity index (χ0) is 26.7. The van der Waals surface area contributed by atoms with Gasteiger partial charge in [0.25, 0.3) is 5.56 Å². The van der Waals surface area contributed by atoms with Gasteiger partial charge in [0.2, 0.25) is 6.79 Å². The third kappa shape index (κ3) is 3.91. The summed E-state index contributed by atoms with van der Waals surface area (Å²) in [5.74, 6) is 2.73. The molecule has 0 bridgehead atoms. The predicted molar refractivity (Wildman–Crippen MR) is 153 cm³/mol. The van der Waals surface area contributed by atoms with E-state index in [9.17, 15) is 4.79 Å². The number of aryl methyl sites for hydroxylation is 1. The summed E-state index contributed by atoms with van der Waals surface area (Å²) in [5, 5.41) is 0. The second-order valence-electron chi connectivity index (χ2n) is 9.45. The molecule has 0 N–H and O–H groups in total. The molecule has 1 aliphatic carbocycles. The Bertz CT molecular complexity index is 1870. The summed E-state index contributed by atoms with van der Waals surface area (Å²) >= 11 is 5.00. The van der Waals surface area contributed by atoms with Crippen molar-refractivity contribution in [1.82, 2.24) is 4.57 Å². The maximum atomic E-state index is 14.1. The summed E-state index contributed by atoms with van der Waals surface area (Å²) in [6.45, 7) is 0.183. The van der Waals surface area contributed by atoms with Crippen LogP contribution in [0.2, 0.25) is 0 Å². The molecular formula is C30H23BrN2O5S. The van der Waals surface area contributed by atoms with Gasteiger partial charge in [-0.25, -0.2) is 4.99 Å². The molecule has 196 valence electrons. The molecule has 3 aromatic carbocycles. The monoisotopic (exact) mass is 602 g/mol. The van der Waals surface area contributed by atoms with Crippen molar-refractivity contribution in [2.75, 3.05) is 21.0 Å². The van der Waals surface area contributed by atoms with E-state index in [0.717, 1.165) is 45.3 Å². The third-order valence-corrected chi connectivity index (χ3v) is 9.05. The molecule has 9 heteroatoms. The second kappa shape index (κ2) is 9.43. The highest BCUT2D eigenvalue weighted by Gasteiger charge is 2.34. The van der Waals surface area contributed by atoms with Crippen LogP contribution in [0.15, 0.2) is 74.4 Å². The highest BCUT2D eigenvalue weighted by Crippen LogP contribution is 2.44. The van der Waals surface area contributed by atoms with Crippen molar-refractivity contribution in [1.29, 1.82) is 0 Å². The summed E-state index contributed by atoms with van der Waals surface area (Å²) in [6.07, 6.45) is 3.55. The van der Waals surface area contributed by atoms with Gasteiger partial charge in [0, 0.05) is 15.6 Å². The lowest BCUT2D eigenvalue weighted by atomic mass is 9.83. The van der Waals surface area contributed by atoms with Crippen LogP contribution in [0, 0.1) is 0 Å². The Balaban J connectivity index is 1.50. The van der Waals surface area contributed by atoms with Crippen LogP contribution in [0.3, 0.4) is 0 Å². The second-order valence-corrected chi connectivity index (χ2v) is 11.3. The summed E-state index contributed by atoms with van der Waals surface area (Å²) in [5.41, 5.74) is 6.00. The van der Waals surface area contributed by atoms with Gasteiger partial charge in [-0.1, -0.05) is 51.5 Å². The van der Waals surface area contributed by atoms with Crippen molar-refractivity contribution in [2.45, 2.75) is 18.9 Å².